The fourth-order valence-electron chi connectivity index (χ4n) is 1.73. The zero-order chi connectivity index (χ0) is 12.3. The van der Waals surface area contributed by atoms with E-state index in [9.17, 15) is 0 Å². The Bertz CT molecular complexity index is 476. The largest absolute Gasteiger partial charge is 0.363 e. The van der Waals surface area contributed by atoms with Crippen molar-refractivity contribution in [2.75, 3.05) is 5.32 Å². The first-order valence-electron chi connectivity index (χ1n) is 5.64. The zero-order valence-electron chi connectivity index (χ0n) is 10.3. The second kappa shape index (κ2) is 4.91. The molecule has 0 amide bonds. The summed E-state index contributed by atoms with van der Waals surface area (Å²) in [7, 11) is 0. The van der Waals surface area contributed by atoms with Gasteiger partial charge >= 0.3 is 0 Å². The van der Waals surface area contributed by atoms with Crippen LogP contribution in [0.1, 0.15) is 30.0 Å². The van der Waals surface area contributed by atoms with Gasteiger partial charge in [0.1, 0.15) is 11.6 Å². The summed E-state index contributed by atoms with van der Waals surface area (Å²) >= 11 is 0. The Morgan fingerprint density at radius 3 is 2.71 bits per heavy atom. The van der Waals surface area contributed by atoms with Crippen molar-refractivity contribution in [3.05, 3.63) is 47.7 Å². The highest BCUT2D eigenvalue weighted by Crippen LogP contribution is 2.17. The van der Waals surface area contributed by atoms with E-state index in [1.807, 2.05) is 38.2 Å². The standard InChI is InChI=1S/C13H16N4/c1-9-7-13(17-11(3)15-9)16-10(2)12-5-4-6-14-8-12/h4-8,10H,1-3H3,(H,15,16,17). The van der Waals surface area contributed by atoms with Crippen molar-refractivity contribution in [1.82, 2.24) is 15.0 Å². The van der Waals surface area contributed by atoms with Crippen LogP contribution in [0.3, 0.4) is 0 Å². The smallest absolute Gasteiger partial charge is 0.130 e. The van der Waals surface area contributed by atoms with Crippen LogP contribution >= 0.6 is 0 Å². The van der Waals surface area contributed by atoms with Crippen LogP contribution in [0, 0.1) is 13.8 Å². The van der Waals surface area contributed by atoms with Gasteiger partial charge in [-0.3, -0.25) is 4.98 Å². The van der Waals surface area contributed by atoms with E-state index in [1.165, 1.54) is 0 Å². The average molecular weight is 228 g/mol. The molecule has 1 unspecified atom stereocenters. The lowest BCUT2D eigenvalue weighted by Crippen LogP contribution is -2.09. The Hall–Kier alpha value is -1.97. The van der Waals surface area contributed by atoms with Crippen LogP contribution in [-0.4, -0.2) is 15.0 Å². The highest BCUT2D eigenvalue weighted by molar-refractivity contribution is 5.38. The van der Waals surface area contributed by atoms with Gasteiger partial charge in [0.25, 0.3) is 0 Å². The van der Waals surface area contributed by atoms with Gasteiger partial charge in [-0.25, -0.2) is 9.97 Å². The van der Waals surface area contributed by atoms with E-state index < -0.39 is 0 Å². The number of anilines is 1. The summed E-state index contributed by atoms with van der Waals surface area (Å²) in [6, 6.07) is 6.10. The molecule has 0 bridgehead atoms. The minimum absolute atomic E-state index is 0.178. The quantitative estimate of drug-likeness (QED) is 0.877. The molecule has 0 fully saturated rings. The molecule has 0 aliphatic carbocycles. The summed E-state index contributed by atoms with van der Waals surface area (Å²) in [6.45, 7) is 5.95. The summed E-state index contributed by atoms with van der Waals surface area (Å²) in [6.07, 6.45) is 3.63. The molecule has 4 nitrogen and oxygen atoms in total. The van der Waals surface area contributed by atoms with Crippen LogP contribution in [0.25, 0.3) is 0 Å². The minimum Gasteiger partial charge on any atom is -0.363 e. The summed E-state index contributed by atoms with van der Waals surface area (Å²) in [5.74, 6) is 1.64. The predicted octanol–water partition coefficient (Wildman–Crippen LogP) is 2.66. The monoisotopic (exact) mass is 228 g/mol. The molecule has 0 radical (unpaired) electrons. The first-order chi connectivity index (χ1) is 8.15. The SMILES string of the molecule is Cc1cc(NC(C)c2cccnc2)nc(C)n1. The fraction of sp³-hybridized carbons (Fsp3) is 0.308. The Labute approximate surface area is 101 Å². The molecule has 2 heterocycles. The van der Waals surface area contributed by atoms with E-state index in [1.54, 1.807) is 6.20 Å². The number of hydrogen-bond acceptors (Lipinski definition) is 4. The molecule has 2 rings (SSSR count). The maximum absolute atomic E-state index is 4.36. The van der Waals surface area contributed by atoms with Gasteiger partial charge in [-0.15, -0.1) is 0 Å². The van der Waals surface area contributed by atoms with Gasteiger partial charge in [0, 0.05) is 24.2 Å². The van der Waals surface area contributed by atoms with Gasteiger partial charge in [0.2, 0.25) is 0 Å². The Morgan fingerprint density at radius 2 is 2.06 bits per heavy atom. The second-order valence-electron chi connectivity index (χ2n) is 4.09. The van der Waals surface area contributed by atoms with Gasteiger partial charge < -0.3 is 5.32 Å². The van der Waals surface area contributed by atoms with Crippen LogP contribution in [0.2, 0.25) is 0 Å². The Kier molecular flexibility index (Phi) is 3.32. The number of pyridine rings is 1. The molecular formula is C13H16N4. The first-order valence-corrected chi connectivity index (χ1v) is 5.64. The lowest BCUT2D eigenvalue weighted by molar-refractivity contribution is 0.856. The third-order valence-corrected chi connectivity index (χ3v) is 2.51. The van der Waals surface area contributed by atoms with Crippen molar-refractivity contribution >= 4 is 5.82 Å². The minimum atomic E-state index is 0.178. The molecule has 4 heteroatoms. The van der Waals surface area contributed by atoms with Crippen molar-refractivity contribution in [3.63, 3.8) is 0 Å². The fourth-order valence-corrected chi connectivity index (χ4v) is 1.73. The number of aromatic nitrogens is 3. The maximum atomic E-state index is 4.36. The molecule has 0 aliphatic heterocycles. The molecule has 2 aromatic rings. The van der Waals surface area contributed by atoms with Crippen LogP contribution in [0.4, 0.5) is 5.82 Å². The number of rotatable bonds is 3. The van der Waals surface area contributed by atoms with Crippen molar-refractivity contribution < 1.29 is 0 Å². The van der Waals surface area contributed by atoms with Crippen LogP contribution in [-0.2, 0) is 0 Å². The molecule has 1 atom stereocenters. The highest BCUT2D eigenvalue weighted by atomic mass is 15.0. The molecule has 2 aromatic heterocycles. The maximum Gasteiger partial charge on any atom is 0.130 e. The highest BCUT2D eigenvalue weighted by Gasteiger charge is 2.06. The van der Waals surface area contributed by atoms with E-state index in [4.69, 9.17) is 0 Å². The van der Waals surface area contributed by atoms with Crippen molar-refractivity contribution in [1.29, 1.82) is 0 Å². The molecule has 1 N–H and O–H groups in total. The molecule has 0 saturated heterocycles. The van der Waals surface area contributed by atoms with Gasteiger partial charge in [-0.1, -0.05) is 6.07 Å². The number of hydrogen-bond donors (Lipinski definition) is 1. The van der Waals surface area contributed by atoms with Gasteiger partial charge in [-0.05, 0) is 32.4 Å². The lowest BCUT2D eigenvalue weighted by Gasteiger charge is -2.14. The summed E-state index contributed by atoms with van der Waals surface area (Å²) in [5.41, 5.74) is 2.11. The number of aryl methyl sites for hydroxylation is 2. The van der Waals surface area contributed by atoms with E-state index in [-0.39, 0.29) is 6.04 Å². The lowest BCUT2D eigenvalue weighted by atomic mass is 10.1. The van der Waals surface area contributed by atoms with Crippen LogP contribution in [0.5, 0.6) is 0 Å². The molecule has 88 valence electrons. The van der Waals surface area contributed by atoms with Crippen molar-refractivity contribution in [2.24, 2.45) is 0 Å². The van der Waals surface area contributed by atoms with Crippen LogP contribution < -0.4 is 5.32 Å². The molecular weight excluding hydrogens is 212 g/mol. The van der Waals surface area contributed by atoms with E-state index >= 15 is 0 Å². The third kappa shape index (κ3) is 3.00. The molecule has 17 heavy (non-hydrogen) atoms. The Balaban J connectivity index is 2.16. The molecule has 0 saturated carbocycles. The van der Waals surface area contributed by atoms with Crippen molar-refractivity contribution in [3.8, 4) is 0 Å². The molecule has 0 aliphatic rings. The predicted molar refractivity (Wildman–Crippen MR) is 67.8 cm³/mol. The van der Waals surface area contributed by atoms with Gasteiger partial charge in [-0.2, -0.15) is 0 Å². The van der Waals surface area contributed by atoms with E-state index in [0.29, 0.717) is 0 Å². The Morgan fingerprint density at radius 1 is 1.24 bits per heavy atom. The molecule has 0 aromatic carbocycles. The van der Waals surface area contributed by atoms with Gasteiger partial charge in [0.05, 0.1) is 6.04 Å². The second-order valence-corrected chi connectivity index (χ2v) is 4.09. The van der Waals surface area contributed by atoms with Crippen molar-refractivity contribution in [2.45, 2.75) is 26.8 Å². The molecule has 0 spiro atoms. The summed E-state index contributed by atoms with van der Waals surface area (Å²) in [5, 5.41) is 3.35. The summed E-state index contributed by atoms with van der Waals surface area (Å²) in [4.78, 5) is 12.7. The van der Waals surface area contributed by atoms with Gasteiger partial charge in [0.15, 0.2) is 0 Å². The number of nitrogens with one attached hydrogen (secondary N) is 1. The third-order valence-electron chi connectivity index (χ3n) is 2.51. The number of nitrogens with zero attached hydrogens (tertiary/aromatic N) is 3. The van der Waals surface area contributed by atoms with E-state index in [2.05, 4.69) is 27.2 Å². The topological polar surface area (TPSA) is 50.7 Å². The first kappa shape index (κ1) is 11.5. The van der Waals surface area contributed by atoms with Crippen LogP contribution in [0.15, 0.2) is 30.6 Å². The average Bonchev–Trinajstić information content (AvgIpc) is 2.28. The summed E-state index contributed by atoms with van der Waals surface area (Å²) < 4.78 is 0. The zero-order valence-corrected chi connectivity index (χ0v) is 10.3. The van der Waals surface area contributed by atoms with E-state index in [0.717, 1.165) is 22.9 Å². The normalized spacial score (nSPS) is 12.2.